The number of hydrogen-bond donors (Lipinski definition) is 2. The molecular weight excluding hydrogens is 448 g/mol. The maximum Gasteiger partial charge on any atom is 0.171 e. The van der Waals surface area contributed by atoms with Crippen LogP contribution in [0.5, 0.6) is 0 Å². The van der Waals surface area contributed by atoms with E-state index in [9.17, 15) is 5.11 Å². The van der Waals surface area contributed by atoms with E-state index >= 15 is 0 Å². The lowest BCUT2D eigenvalue weighted by atomic mass is 9.49. The number of allylic oxidation sites excluding steroid dienone is 1. The molecule has 0 aromatic heterocycles. The molecule has 6 rings (SSSR count). The minimum Gasteiger partial charge on any atom is -0.385 e. The molecule has 1 heterocycles. The number of nitrogens with two attached hydrogens (primary N) is 1. The molecule has 194 valence electrons. The van der Waals surface area contributed by atoms with Crippen molar-refractivity contribution in [2.75, 3.05) is 32.2 Å². The number of ether oxygens (including phenoxy) is 2. The second kappa shape index (κ2) is 8.33. The first kappa shape index (κ1) is 24.5. The summed E-state index contributed by atoms with van der Waals surface area (Å²) in [6.45, 7) is 5.59. The molecule has 5 heteroatoms. The number of rotatable bonds is 2. The summed E-state index contributed by atoms with van der Waals surface area (Å²) < 4.78 is 12.2. The van der Waals surface area contributed by atoms with E-state index in [4.69, 9.17) is 15.2 Å². The van der Waals surface area contributed by atoms with E-state index in [0.717, 1.165) is 44.9 Å². The number of anilines is 1. The van der Waals surface area contributed by atoms with Gasteiger partial charge in [0.25, 0.3) is 0 Å². The Hall–Kier alpha value is -1.84. The highest BCUT2D eigenvalue weighted by Gasteiger charge is 2.63. The third kappa shape index (κ3) is 3.45. The summed E-state index contributed by atoms with van der Waals surface area (Å²) in [6.07, 6.45) is 7.06. The van der Waals surface area contributed by atoms with Crippen LogP contribution in [0.4, 0.5) is 5.69 Å². The number of aliphatic hydroxyl groups is 1. The summed E-state index contributed by atoms with van der Waals surface area (Å²) in [7, 11) is 4.16. The van der Waals surface area contributed by atoms with Gasteiger partial charge < -0.3 is 25.2 Å². The van der Waals surface area contributed by atoms with Gasteiger partial charge in [-0.2, -0.15) is 0 Å². The minimum absolute atomic E-state index is 0.0569. The summed E-state index contributed by atoms with van der Waals surface area (Å²) in [5, 5.41) is 12.2. The second-order valence-corrected chi connectivity index (χ2v) is 12.5. The molecule has 5 nitrogen and oxygen atoms in total. The van der Waals surface area contributed by atoms with Gasteiger partial charge in [0, 0.05) is 44.0 Å². The lowest BCUT2D eigenvalue weighted by molar-refractivity contribution is -0.208. The van der Waals surface area contributed by atoms with Crippen LogP contribution in [0.15, 0.2) is 35.4 Å². The fourth-order valence-electron chi connectivity index (χ4n) is 8.81. The fourth-order valence-corrected chi connectivity index (χ4v) is 8.81. The van der Waals surface area contributed by atoms with Crippen molar-refractivity contribution >= 4 is 5.69 Å². The molecule has 6 atom stereocenters. The average Bonchev–Trinajstić information content (AvgIpc) is 3.40. The van der Waals surface area contributed by atoms with E-state index in [1.165, 1.54) is 22.4 Å². The molecule has 1 aromatic carbocycles. The molecule has 0 amide bonds. The zero-order valence-electron chi connectivity index (χ0n) is 22.4. The van der Waals surface area contributed by atoms with Crippen LogP contribution in [0.25, 0.3) is 0 Å². The standard InChI is InChI=1S/C31H42N2O3/c1-5-13-30(32)15-11-25-23-10-14-29(34)20-31(35-17-18-36-31)16-12-26(29)27(23)24(19-28(25,30)2)21-6-8-22(9-7-21)33(3)4/h6-9,23-25,34H,10-12,14-20,32H2,1-4H3/t23-,24+,25-,28-,29+,30-/m0/s1. The summed E-state index contributed by atoms with van der Waals surface area (Å²) in [5.74, 6) is 7.23. The largest absolute Gasteiger partial charge is 0.385 e. The molecule has 36 heavy (non-hydrogen) atoms. The van der Waals surface area contributed by atoms with Crippen molar-refractivity contribution in [1.82, 2.24) is 0 Å². The molecule has 3 N–H and O–H groups in total. The Kier molecular flexibility index (Phi) is 5.67. The highest BCUT2D eigenvalue weighted by Crippen LogP contribution is 2.67. The van der Waals surface area contributed by atoms with E-state index in [-0.39, 0.29) is 11.3 Å². The summed E-state index contributed by atoms with van der Waals surface area (Å²) >= 11 is 0. The van der Waals surface area contributed by atoms with E-state index < -0.39 is 16.9 Å². The van der Waals surface area contributed by atoms with Gasteiger partial charge in [-0.3, -0.25) is 0 Å². The Morgan fingerprint density at radius 1 is 1.06 bits per heavy atom. The van der Waals surface area contributed by atoms with Crippen LogP contribution in [0.3, 0.4) is 0 Å². The van der Waals surface area contributed by atoms with Crippen molar-refractivity contribution in [3.8, 4) is 11.8 Å². The zero-order valence-corrected chi connectivity index (χ0v) is 22.4. The smallest absolute Gasteiger partial charge is 0.171 e. The Morgan fingerprint density at radius 2 is 1.78 bits per heavy atom. The van der Waals surface area contributed by atoms with Crippen molar-refractivity contribution in [3.63, 3.8) is 0 Å². The molecule has 4 aliphatic carbocycles. The summed E-state index contributed by atoms with van der Waals surface area (Å²) in [6, 6.07) is 9.05. The van der Waals surface area contributed by atoms with Gasteiger partial charge in [-0.05, 0) is 80.6 Å². The van der Waals surface area contributed by atoms with Crippen LogP contribution in [-0.4, -0.2) is 49.3 Å². The number of fused-ring (bicyclic) bond motifs is 4. The minimum atomic E-state index is -0.842. The van der Waals surface area contributed by atoms with Crippen molar-refractivity contribution in [1.29, 1.82) is 0 Å². The predicted octanol–water partition coefficient (Wildman–Crippen LogP) is 4.74. The van der Waals surface area contributed by atoms with Gasteiger partial charge in [0.05, 0.1) is 24.4 Å². The molecule has 4 fully saturated rings. The van der Waals surface area contributed by atoms with Gasteiger partial charge >= 0.3 is 0 Å². The topological polar surface area (TPSA) is 68.0 Å². The van der Waals surface area contributed by atoms with Crippen LogP contribution < -0.4 is 10.6 Å². The maximum absolute atomic E-state index is 12.2. The van der Waals surface area contributed by atoms with Crippen molar-refractivity contribution in [2.24, 2.45) is 23.0 Å². The SMILES string of the molecule is CC#C[C@]1(N)CC[C@H]2[C@@H]3CC[C@@]4(O)CC5(CCC4=C3[C@@H](c3ccc(N(C)C)cc3)C[C@@]21C)OCCO5. The number of benzene rings is 1. The van der Waals surface area contributed by atoms with Gasteiger partial charge in [0.15, 0.2) is 5.79 Å². The first-order chi connectivity index (χ1) is 17.1. The molecule has 1 aromatic rings. The second-order valence-electron chi connectivity index (χ2n) is 12.5. The highest BCUT2D eigenvalue weighted by molar-refractivity contribution is 5.50. The Bertz CT molecular complexity index is 1120. The normalized spacial score (nSPS) is 40.8. The molecule has 5 aliphatic rings. The molecule has 0 unspecified atom stereocenters. The van der Waals surface area contributed by atoms with Crippen LogP contribution >= 0.6 is 0 Å². The molecule has 1 saturated heterocycles. The molecule has 0 bridgehead atoms. The first-order valence-corrected chi connectivity index (χ1v) is 13.9. The Morgan fingerprint density at radius 3 is 2.44 bits per heavy atom. The third-order valence-electron chi connectivity index (χ3n) is 10.6. The van der Waals surface area contributed by atoms with E-state index in [2.05, 4.69) is 62.0 Å². The quantitative estimate of drug-likeness (QED) is 0.463. The maximum atomic E-state index is 12.2. The Labute approximate surface area is 216 Å². The monoisotopic (exact) mass is 490 g/mol. The fraction of sp³-hybridized carbons (Fsp3) is 0.677. The Balaban J connectivity index is 1.48. The van der Waals surface area contributed by atoms with Gasteiger partial charge in [-0.25, -0.2) is 0 Å². The van der Waals surface area contributed by atoms with Crippen molar-refractivity contribution < 1.29 is 14.6 Å². The highest BCUT2D eigenvalue weighted by atomic mass is 16.7. The number of nitrogens with zero attached hydrogens (tertiary/aromatic N) is 1. The molecule has 0 radical (unpaired) electrons. The van der Waals surface area contributed by atoms with Gasteiger partial charge in [-0.1, -0.05) is 30.6 Å². The zero-order chi connectivity index (χ0) is 25.3. The van der Waals surface area contributed by atoms with Gasteiger partial charge in [0.2, 0.25) is 0 Å². The molecular formula is C31H42N2O3. The number of hydrogen-bond acceptors (Lipinski definition) is 5. The van der Waals surface area contributed by atoms with E-state index in [0.29, 0.717) is 31.5 Å². The lowest BCUT2D eigenvalue weighted by Crippen LogP contribution is -2.57. The van der Waals surface area contributed by atoms with Crippen LogP contribution in [0, 0.1) is 29.1 Å². The van der Waals surface area contributed by atoms with Gasteiger partial charge in [-0.15, -0.1) is 5.92 Å². The third-order valence-corrected chi connectivity index (χ3v) is 10.6. The van der Waals surface area contributed by atoms with Crippen LogP contribution in [-0.2, 0) is 9.47 Å². The molecule has 1 spiro atoms. The van der Waals surface area contributed by atoms with E-state index in [1.807, 2.05) is 6.92 Å². The van der Waals surface area contributed by atoms with Crippen LogP contribution in [0.1, 0.15) is 76.7 Å². The van der Waals surface area contributed by atoms with Crippen LogP contribution in [0.2, 0.25) is 0 Å². The van der Waals surface area contributed by atoms with Gasteiger partial charge in [0.1, 0.15) is 0 Å². The lowest BCUT2D eigenvalue weighted by Gasteiger charge is -2.57. The van der Waals surface area contributed by atoms with E-state index in [1.54, 1.807) is 0 Å². The van der Waals surface area contributed by atoms with Crippen molar-refractivity contribution in [2.45, 2.75) is 88.1 Å². The average molecular weight is 491 g/mol. The summed E-state index contributed by atoms with van der Waals surface area (Å²) in [5.41, 5.74) is 11.1. The summed E-state index contributed by atoms with van der Waals surface area (Å²) in [4.78, 5) is 2.15. The van der Waals surface area contributed by atoms with Crippen molar-refractivity contribution in [3.05, 3.63) is 41.0 Å². The molecule has 3 saturated carbocycles. The molecule has 1 aliphatic heterocycles. The first-order valence-electron chi connectivity index (χ1n) is 13.9. The predicted molar refractivity (Wildman–Crippen MR) is 143 cm³/mol.